The molecule has 1 amide bonds. The van der Waals surface area contributed by atoms with Crippen LogP contribution in [0.5, 0.6) is 5.75 Å². The van der Waals surface area contributed by atoms with Crippen molar-refractivity contribution in [3.63, 3.8) is 0 Å². The number of carbonyl (C=O) groups is 2. The van der Waals surface area contributed by atoms with Gasteiger partial charge < -0.3 is 14.4 Å². The van der Waals surface area contributed by atoms with Gasteiger partial charge in [0, 0.05) is 18.1 Å². The van der Waals surface area contributed by atoms with Gasteiger partial charge in [0.05, 0.1) is 36.7 Å². The van der Waals surface area contributed by atoms with Gasteiger partial charge in [-0.25, -0.2) is 8.98 Å². The van der Waals surface area contributed by atoms with Crippen LogP contribution in [0.15, 0.2) is 42.5 Å². The van der Waals surface area contributed by atoms with Crippen molar-refractivity contribution in [1.29, 1.82) is 0 Å². The predicted octanol–water partition coefficient (Wildman–Crippen LogP) is 2.34. The van der Waals surface area contributed by atoms with Crippen molar-refractivity contribution in [3.05, 3.63) is 64.7 Å². The summed E-state index contributed by atoms with van der Waals surface area (Å²) in [6, 6.07) is 11.3. The third-order valence-corrected chi connectivity index (χ3v) is 5.66. The van der Waals surface area contributed by atoms with Gasteiger partial charge in [0.2, 0.25) is 6.29 Å². The van der Waals surface area contributed by atoms with Crippen LogP contribution in [-0.4, -0.2) is 39.9 Å². The van der Waals surface area contributed by atoms with Gasteiger partial charge in [-0.05, 0) is 18.1 Å². The van der Waals surface area contributed by atoms with Crippen LogP contribution in [0.3, 0.4) is 0 Å². The number of methoxy groups -OCH3 is 1. The third kappa shape index (κ3) is 4.06. The van der Waals surface area contributed by atoms with Crippen LogP contribution in [0.4, 0.5) is 5.69 Å². The van der Waals surface area contributed by atoms with Gasteiger partial charge in [0.15, 0.2) is 0 Å². The van der Waals surface area contributed by atoms with Crippen molar-refractivity contribution in [3.8, 4) is 5.75 Å². The SMILES string of the molecule is COC(=O)C=C1C(=O)N(Cc2ccccc2)c2c(C)cc3c(c21)OC(OS(C)(=O)=O)C3. The topological polar surface area (TPSA) is 99.2 Å². The smallest absolute Gasteiger partial charge is 0.331 e. The molecule has 0 aromatic heterocycles. The highest BCUT2D eigenvalue weighted by Gasteiger charge is 2.41. The summed E-state index contributed by atoms with van der Waals surface area (Å²) in [5, 5.41) is 0. The summed E-state index contributed by atoms with van der Waals surface area (Å²) < 4.78 is 38.7. The second-order valence-electron chi connectivity index (χ2n) is 7.42. The first kappa shape index (κ1) is 21.1. The molecule has 31 heavy (non-hydrogen) atoms. The highest BCUT2D eigenvalue weighted by atomic mass is 32.2. The first-order chi connectivity index (χ1) is 14.7. The number of anilines is 1. The lowest BCUT2D eigenvalue weighted by Gasteiger charge is -2.20. The maximum absolute atomic E-state index is 13.3. The molecule has 4 rings (SSSR count). The molecule has 0 N–H and O–H groups in total. The van der Waals surface area contributed by atoms with Gasteiger partial charge in [-0.1, -0.05) is 36.4 Å². The van der Waals surface area contributed by atoms with Crippen LogP contribution in [0.2, 0.25) is 0 Å². The van der Waals surface area contributed by atoms with Crippen molar-refractivity contribution in [2.45, 2.75) is 26.2 Å². The second-order valence-corrected chi connectivity index (χ2v) is 9.02. The number of rotatable bonds is 5. The van der Waals surface area contributed by atoms with Crippen molar-refractivity contribution in [2.24, 2.45) is 0 Å². The van der Waals surface area contributed by atoms with E-state index in [1.54, 1.807) is 4.90 Å². The van der Waals surface area contributed by atoms with E-state index in [4.69, 9.17) is 13.7 Å². The number of amides is 1. The largest absolute Gasteiger partial charge is 0.466 e. The van der Waals surface area contributed by atoms with Gasteiger partial charge in [-0.2, -0.15) is 8.42 Å². The molecule has 0 saturated carbocycles. The van der Waals surface area contributed by atoms with Gasteiger partial charge >= 0.3 is 5.97 Å². The predicted molar refractivity (Wildman–Crippen MR) is 113 cm³/mol. The average molecular weight is 443 g/mol. The molecule has 9 heteroatoms. The molecule has 0 fully saturated rings. The number of carbonyl (C=O) groups excluding carboxylic acids is 2. The number of nitrogens with zero attached hydrogens (tertiary/aromatic N) is 1. The zero-order valence-corrected chi connectivity index (χ0v) is 18.1. The molecule has 2 aromatic carbocycles. The lowest BCUT2D eigenvalue weighted by atomic mass is 9.98. The third-order valence-electron chi connectivity index (χ3n) is 5.10. The van der Waals surface area contributed by atoms with E-state index >= 15 is 0 Å². The van der Waals surface area contributed by atoms with E-state index < -0.39 is 22.4 Å². The zero-order chi connectivity index (χ0) is 22.3. The van der Waals surface area contributed by atoms with E-state index in [0.717, 1.165) is 23.5 Å². The minimum absolute atomic E-state index is 0.137. The monoisotopic (exact) mass is 443 g/mol. The maximum atomic E-state index is 13.3. The maximum Gasteiger partial charge on any atom is 0.331 e. The molecule has 0 bridgehead atoms. The number of fused-ring (bicyclic) bond motifs is 3. The summed E-state index contributed by atoms with van der Waals surface area (Å²) in [6.07, 6.45) is 1.26. The summed E-state index contributed by atoms with van der Waals surface area (Å²) in [5.74, 6) is -0.696. The number of benzene rings is 2. The Balaban J connectivity index is 1.84. The molecule has 162 valence electrons. The Kier molecular flexibility index (Phi) is 5.32. The first-order valence-electron chi connectivity index (χ1n) is 9.55. The van der Waals surface area contributed by atoms with Gasteiger partial charge in [-0.3, -0.25) is 4.79 Å². The number of hydrogen-bond donors (Lipinski definition) is 0. The minimum Gasteiger partial charge on any atom is -0.466 e. The Morgan fingerprint density at radius 1 is 1.29 bits per heavy atom. The highest BCUT2D eigenvalue weighted by molar-refractivity contribution is 7.86. The normalized spacial score (nSPS) is 18.7. The van der Waals surface area contributed by atoms with E-state index in [9.17, 15) is 18.0 Å². The quantitative estimate of drug-likeness (QED) is 0.397. The molecule has 1 atom stereocenters. The average Bonchev–Trinajstić information content (AvgIpc) is 3.21. The molecule has 1 unspecified atom stereocenters. The fraction of sp³-hybridized carbons (Fsp3) is 0.273. The van der Waals surface area contributed by atoms with Gasteiger partial charge in [0.25, 0.3) is 16.0 Å². The van der Waals surface area contributed by atoms with Crippen molar-refractivity contribution < 1.29 is 31.7 Å². The molecule has 2 aliphatic heterocycles. The molecule has 2 aliphatic rings. The molecule has 0 saturated heterocycles. The molecule has 0 spiro atoms. The van der Waals surface area contributed by atoms with Crippen LogP contribution in [0, 0.1) is 6.92 Å². The Morgan fingerprint density at radius 3 is 2.65 bits per heavy atom. The van der Waals surface area contributed by atoms with E-state index in [0.29, 0.717) is 29.1 Å². The van der Waals surface area contributed by atoms with E-state index in [-0.39, 0.29) is 17.9 Å². The van der Waals surface area contributed by atoms with Crippen LogP contribution in [0.25, 0.3) is 5.57 Å². The van der Waals surface area contributed by atoms with Crippen LogP contribution in [-0.2, 0) is 41.6 Å². The summed E-state index contributed by atoms with van der Waals surface area (Å²) in [4.78, 5) is 26.9. The Morgan fingerprint density at radius 2 is 2.00 bits per heavy atom. The van der Waals surface area contributed by atoms with Crippen molar-refractivity contribution in [2.75, 3.05) is 18.3 Å². The van der Waals surface area contributed by atoms with Crippen molar-refractivity contribution in [1.82, 2.24) is 0 Å². The standard InChI is InChI=1S/C22H21NO7S/c1-13-9-15-10-18(30-31(3,26)27)29-21(15)19-16(11-17(24)28-2)22(25)23(20(13)19)12-14-7-5-4-6-8-14/h4-9,11,18H,10,12H2,1-3H3. The second kappa shape index (κ2) is 7.82. The van der Waals surface area contributed by atoms with Crippen LogP contribution < -0.4 is 9.64 Å². The van der Waals surface area contributed by atoms with Crippen LogP contribution >= 0.6 is 0 Å². The van der Waals surface area contributed by atoms with Gasteiger partial charge in [0.1, 0.15) is 5.75 Å². The Labute approximate surface area is 180 Å². The van der Waals surface area contributed by atoms with Gasteiger partial charge in [-0.15, -0.1) is 0 Å². The fourth-order valence-corrected chi connectivity index (χ4v) is 4.42. The molecule has 0 aliphatic carbocycles. The number of ether oxygens (including phenoxy) is 2. The summed E-state index contributed by atoms with van der Waals surface area (Å²) >= 11 is 0. The summed E-state index contributed by atoms with van der Waals surface area (Å²) in [6.45, 7) is 2.16. The summed E-state index contributed by atoms with van der Waals surface area (Å²) in [5.41, 5.74) is 3.62. The first-order valence-corrected chi connectivity index (χ1v) is 11.4. The molecule has 2 aromatic rings. The zero-order valence-electron chi connectivity index (χ0n) is 17.2. The molecular formula is C22H21NO7S. The van der Waals surface area contributed by atoms with E-state index in [1.807, 2.05) is 43.3 Å². The van der Waals surface area contributed by atoms with Crippen LogP contribution in [0.1, 0.15) is 22.3 Å². The van der Waals surface area contributed by atoms with Crippen molar-refractivity contribution >= 4 is 33.3 Å². The highest BCUT2D eigenvalue weighted by Crippen LogP contribution is 2.49. The molecule has 8 nitrogen and oxygen atoms in total. The molecule has 0 radical (unpaired) electrons. The lowest BCUT2D eigenvalue weighted by Crippen LogP contribution is -2.26. The fourth-order valence-electron chi connectivity index (χ4n) is 3.93. The Hall–Kier alpha value is -3.17. The number of hydrogen-bond acceptors (Lipinski definition) is 7. The van der Waals surface area contributed by atoms with E-state index in [1.165, 1.54) is 7.11 Å². The number of esters is 1. The molecule has 2 heterocycles. The van der Waals surface area contributed by atoms with E-state index in [2.05, 4.69) is 0 Å². The lowest BCUT2D eigenvalue weighted by molar-refractivity contribution is -0.135. The minimum atomic E-state index is -3.74. The summed E-state index contributed by atoms with van der Waals surface area (Å²) in [7, 11) is -2.51. The molecular weight excluding hydrogens is 422 g/mol. The number of aryl methyl sites for hydroxylation is 1. The Bertz CT molecular complexity index is 1200.